The third kappa shape index (κ3) is 2.26. The Morgan fingerprint density at radius 2 is 1.79 bits per heavy atom. The average Bonchev–Trinajstić information content (AvgIpc) is 2.75. The fourth-order valence-corrected chi connectivity index (χ4v) is 2.23. The molecule has 19 heavy (non-hydrogen) atoms. The molecule has 0 atom stereocenters. The van der Waals surface area contributed by atoms with Gasteiger partial charge in [0.05, 0.1) is 19.0 Å². The van der Waals surface area contributed by atoms with E-state index in [0.29, 0.717) is 5.56 Å². The Bertz CT molecular complexity index is 642. The first-order valence-corrected chi connectivity index (χ1v) is 6.14. The van der Waals surface area contributed by atoms with Crippen molar-refractivity contribution in [3.8, 4) is 11.3 Å². The van der Waals surface area contributed by atoms with Crippen molar-refractivity contribution in [2.45, 2.75) is 20.8 Å². The van der Waals surface area contributed by atoms with E-state index in [4.69, 9.17) is 4.74 Å². The molecule has 0 saturated carbocycles. The van der Waals surface area contributed by atoms with Crippen LogP contribution >= 0.6 is 0 Å². The van der Waals surface area contributed by atoms with Crippen molar-refractivity contribution in [1.29, 1.82) is 0 Å². The first kappa shape index (κ1) is 13.3. The zero-order valence-corrected chi connectivity index (χ0v) is 11.9. The van der Waals surface area contributed by atoms with Crippen LogP contribution in [0.2, 0.25) is 0 Å². The highest BCUT2D eigenvalue weighted by Gasteiger charge is 2.19. The van der Waals surface area contributed by atoms with Crippen LogP contribution in [-0.4, -0.2) is 22.9 Å². The van der Waals surface area contributed by atoms with Crippen LogP contribution in [0.15, 0.2) is 18.3 Å². The van der Waals surface area contributed by atoms with Gasteiger partial charge in [0.15, 0.2) is 0 Å². The van der Waals surface area contributed by atoms with E-state index >= 15 is 0 Å². The molecule has 0 fully saturated rings. The molecule has 0 aliphatic heterocycles. The molecule has 0 radical (unpaired) electrons. The second-order valence-electron chi connectivity index (χ2n) is 4.77. The van der Waals surface area contributed by atoms with Gasteiger partial charge in [-0.3, -0.25) is 4.68 Å². The summed E-state index contributed by atoms with van der Waals surface area (Å²) in [6.45, 7) is 6.18. The van der Waals surface area contributed by atoms with E-state index in [-0.39, 0.29) is 5.97 Å². The molecule has 0 aliphatic rings. The summed E-state index contributed by atoms with van der Waals surface area (Å²) in [6, 6.07) is 4.22. The highest BCUT2D eigenvalue weighted by Crippen LogP contribution is 2.29. The molecule has 100 valence electrons. The molecule has 4 nitrogen and oxygen atoms in total. The number of hydrogen-bond acceptors (Lipinski definition) is 3. The van der Waals surface area contributed by atoms with Gasteiger partial charge >= 0.3 is 5.97 Å². The van der Waals surface area contributed by atoms with Crippen molar-refractivity contribution < 1.29 is 9.53 Å². The number of carbonyl (C=O) groups is 1. The van der Waals surface area contributed by atoms with Gasteiger partial charge in [-0.05, 0) is 43.5 Å². The van der Waals surface area contributed by atoms with E-state index in [1.807, 2.05) is 14.0 Å². The van der Waals surface area contributed by atoms with E-state index < -0.39 is 0 Å². The van der Waals surface area contributed by atoms with Crippen molar-refractivity contribution in [3.05, 3.63) is 40.6 Å². The predicted molar refractivity (Wildman–Crippen MR) is 74.2 cm³/mol. The Balaban J connectivity index is 2.68. The fourth-order valence-electron chi connectivity index (χ4n) is 2.23. The zero-order chi connectivity index (χ0) is 14.2. The number of rotatable bonds is 2. The number of methoxy groups -OCH3 is 1. The van der Waals surface area contributed by atoms with E-state index in [2.05, 4.69) is 31.1 Å². The number of ether oxygens (including phenoxy) is 1. The molecule has 0 aliphatic carbocycles. The lowest BCUT2D eigenvalue weighted by molar-refractivity contribution is 0.0601. The number of aromatic nitrogens is 2. The molecular formula is C15H18N2O2. The van der Waals surface area contributed by atoms with Gasteiger partial charge in [0.1, 0.15) is 5.56 Å². The van der Waals surface area contributed by atoms with Gasteiger partial charge in [-0.25, -0.2) is 4.79 Å². The normalized spacial score (nSPS) is 10.6. The minimum Gasteiger partial charge on any atom is -0.465 e. The molecule has 0 unspecified atom stereocenters. The Hall–Kier alpha value is -2.10. The minimum absolute atomic E-state index is 0.360. The van der Waals surface area contributed by atoms with E-state index in [1.54, 1.807) is 10.9 Å². The molecule has 1 aromatic heterocycles. The maximum absolute atomic E-state index is 11.8. The highest BCUT2D eigenvalue weighted by atomic mass is 16.5. The van der Waals surface area contributed by atoms with Crippen LogP contribution in [0.25, 0.3) is 11.3 Å². The summed E-state index contributed by atoms with van der Waals surface area (Å²) < 4.78 is 6.52. The number of carbonyl (C=O) groups excluding carboxylic acids is 1. The van der Waals surface area contributed by atoms with Crippen LogP contribution in [0.5, 0.6) is 0 Å². The molecule has 0 amide bonds. The molecule has 0 N–H and O–H groups in total. The lowest BCUT2D eigenvalue weighted by atomic mass is 9.97. The maximum Gasteiger partial charge on any atom is 0.341 e. The summed E-state index contributed by atoms with van der Waals surface area (Å²) >= 11 is 0. The lowest BCUT2D eigenvalue weighted by Crippen LogP contribution is -2.05. The summed E-state index contributed by atoms with van der Waals surface area (Å²) in [5.41, 5.74) is 5.87. The van der Waals surface area contributed by atoms with Crippen LogP contribution in [-0.2, 0) is 11.8 Å². The minimum atomic E-state index is -0.360. The number of benzene rings is 1. The van der Waals surface area contributed by atoms with Crippen molar-refractivity contribution in [3.63, 3.8) is 0 Å². The zero-order valence-electron chi connectivity index (χ0n) is 11.9. The van der Waals surface area contributed by atoms with Gasteiger partial charge < -0.3 is 4.74 Å². The van der Waals surface area contributed by atoms with Crippen molar-refractivity contribution in [1.82, 2.24) is 9.78 Å². The van der Waals surface area contributed by atoms with E-state index in [0.717, 1.165) is 16.8 Å². The third-order valence-corrected chi connectivity index (χ3v) is 3.44. The Morgan fingerprint density at radius 1 is 1.16 bits per heavy atom. The lowest BCUT2D eigenvalue weighted by Gasteiger charge is -2.11. The summed E-state index contributed by atoms with van der Waals surface area (Å²) in [6.07, 6.45) is 1.55. The number of esters is 1. The summed E-state index contributed by atoms with van der Waals surface area (Å²) in [5.74, 6) is -0.360. The molecule has 0 saturated heterocycles. The smallest absolute Gasteiger partial charge is 0.341 e. The van der Waals surface area contributed by atoms with E-state index in [1.165, 1.54) is 18.2 Å². The van der Waals surface area contributed by atoms with Gasteiger partial charge in [0.2, 0.25) is 0 Å². The Morgan fingerprint density at radius 3 is 2.42 bits per heavy atom. The first-order chi connectivity index (χ1) is 8.95. The maximum atomic E-state index is 11.8. The Kier molecular flexibility index (Phi) is 3.42. The summed E-state index contributed by atoms with van der Waals surface area (Å²) in [5, 5.41) is 4.17. The van der Waals surface area contributed by atoms with Crippen molar-refractivity contribution in [2.24, 2.45) is 7.05 Å². The molecule has 2 aromatic rings. The van der Waals surface area contributed by atoms with Gasteiger partial charge in [0, 0.05) is 12.6 Å². The van der Waals surface area contributed by atoms with E-state index in [9.17, 15) is 4.79 Å². The molecule has 1 aromatic carbocycles. The number of hydrogen-bond donors (Lipinski definition) is 0. The van der Waals surface area contributed by atoms with Crippen LogP contribution in [0.4, 0.5) is 0 Å². The third-order valence-electron chi connectivity index (χ3n) is 3.44. The summed E-state index contributed by atoms with van der Waals surface area (Å²) in [7, 11) is 3.21. The monoisotopic (exact) mass is 258 g/mol. The fraction of sp³-hybridized carbons (Fsp3) is 0.333. The highest BCUT2D eigenvalue weighted by molar-refractivity contribution is 5.96. The van der Waals surface area contributed by atoms with Crippen molar-refractivity contribution in [2.75, 3.05) is 7.11 Å². The topological polar surface area (TPSA) is 44.1 Å². The van der Waals surface area contributed by atoms with Crippen molar-refractivity contribution >= 4 is 5.97 Å². The summed E-state index contributed by atoms with van der Waals surface area (Å²) in [4.78, 5) is 11.8. The van der Waals surface area contributed by atoms with Crippen LogP contribution in [0.1, 0.15) is 27.0 Å². The van der Waals surface area contributed by atoms with Crippen LogP contribution in [0.3, 0.4) is 0 Å². The number of nitrogens with zero attached hydrogens (tertiary/aromatic N) is 2. The standard InChI is InChI=1S/C15H18N2O2/c1-9-6-11(3)12(7-10(9)2)14-13(15(18)19-5)8-16-17(14)4/h6-8H,1-5H3. The predicted octanol–water partition coefficient (Wildman–Crippen LogP) is 2.80. The Labute approximate surface area is 113 Å². The first-order valence-electron chi connectivity index (χ1n) is 6.14. The molecule has 2 rings (SSSR count). The van der Waals surface area contributed by atoms with Gasteiger partial charge in [0.25, 0.3) is 0 Å². The second-order valence-corrected chi connectivity index (χ2v) is 4.77. The van der Waals surface area contributed by atoms with Gasteiger partial charge in [-0.1, -0.05) is 6.07 Å². The molecule has 0 bridgehead atoms. The average molecular weight is 258 g/mol. The molecular weight excluding hydrogens is 240 g/mol. The molecule has 1 heterocycles. The van der Waals surface area contributed by atoms with Crippen LogP contribution < -0.4 is 0 Å². The molecule has 0 spiro atoms. The number of aryl methyl sites for hydroxylation is 4. The van der Waals surface area contributed by atoms with Crippen LogP contribution in [0, 0.1) is 20.8 Å². The second kappa shape index (κ2) is 4.88. The van der Waals surface area contributed by atoms with Gasteiger partial charge in [-0.15, -0.1) is 0 Å². The largest absolute Gasteiger partial charge is 0.465 e. The molecule has 4 heteroatoms. The SMILES string of the molecule is COC(=O)c1cnn(C)c1-c1cc(C)c(C)cc1C. The van der Waals surface area contributed by atoms with Gasteiger partial charge in [-0.2, -0.15) is 5.10 Å². The quantitative estimate of drug-likeness (QED) is 0.778.